The first-order chi connectivity index (χ1) is 7.25. The minimum Gasteiger partial charge on any atom is -0.506 e. The summed E-state index contributed by atoms with van der Waals surface area (Å²) in [6, 6.07) is 5.58. The van der Waals surface area contributed by atoms with Crippen molar-refractivity contribution in [2.45, 2.75) is 25.2 Å². The third-order valence-electron chi connectivity index (χ3n) is 3.28. The molecule has 0 unspecified atom stereocenters. The number of hydrogen-bond acceptors (Lipinski definition) is 1. The minimum atomic E-state index is 0.156. The highest BCUT2D eigenvalue weighted by atomic mass is 35.5. The lowest BCUT2D eigenvalue weighted by atomic mass is 9.83. The first-order valence-corrected chi connectivity index (χ1v) is 5.63. The van der Waals surface area contributed by atoms with Gasteiger partial charge in [-0.25, -0.2) is 0 Å². The van der Waals surface area contributed by atoms with Crippen molar-refractivity contribution in [3.05, 3.63) is 28.9 Å². The second-order valence-corrected chi connectivity index (χ2v) is 4.59. The molecular weight excluding hydrogens is 210 g/mol. The lowest BCUT2D eigenvalue weighted by Gasteiger charge is -2.23. The summed E-state index contributed by atoms with van der Waals surface area (Å²) in [4.78, 5) is 3.37. The first-order valence-electron chi connectivity index (χ1n) is 5.26. The Morgan fingerprint density at radius 1 is 1.33 bits per heavy atom. The summed E-state index contributed by atoms with van der Waals surface area (Å²) in [5.74, 6) is 0.818. The number of fused-ring (bicyclic) bond motifs is 1. The number of aromatic amines is 1. The number of rotatable bonds is 1. The van der Waals surface area contributed by atoms with Crippen molar-refractivity contribution in [2.75, 3.05) is 0 Å². The van der Waals surface area contributed by atoms with E-state index in [9.17, 15) is 5.11 Å². The Morgan fingerprint density at radius 2 is 2.13 bits per heavy atom. The second kappa shape index (κ2) is 3.17. The van der Waals surface area contributed by atoms with Crippen LogP contribution in [-0.2, 0) is 0 Å². The molecule has 2 N–H and O–H groups in total. The van der Waals surface area contributed by atoms with E-state index < -0.39 is 0 Å². The van der Waals surface area contributed by atoms with Crippen LogP contribution in [0.5, 0.6) is 5.75 Å². The average molecular weight is 222 g/mol. The van der Waals surface area contributed by atoms with Gasteiger partial charge in [-0.1, -0.05) is 18.0 Å². The zero-order valence-corrected chi connectivity index (χ0v) is 9.01. The quantitative estimate of drug-likeness (QED) is 0.755. The fourth-order valence-corrected chi connectivity index (χ4v) is 2.34. The van der Waals surface area contributed by atoms with Gasteiger partial charge in [0.25, 0.3) is 0 Å². The molecule has 1 aliphatic rings. The SMILES string of the molecule is Oc1ccc2[nH]c(C3CCC3)cc2c1Cl. The number of halogens is 1. The largest absolute Gasteiger partial charge is 0.506 e. The summed E-state index contributed by atoms with van der Waals surface area (Å²) in [6.45, 7) is 0. The van der Waals surface area contributed by atoms with Gasteiger partial charge in [-0.15, -0.1) is 0 Å². The number of H-pyrrole nitrogens is 1. The maximum atomic E-state index is 9.49. The number of hydrogen-bond donors (Lipinski definition) is 2. The molecule has 0 atom stereocenters. The van der Waals surface area contributed by atoms with Crippen molar-refractivity contribution >= 4 is 22.5 Å². The molecule has 78 valence electrons. The fraction of sp³-hybridized carbons (Fsp3) is 0.333. The number of aromatic nitrogens is 1. The number of aromatic hydroxyl groups is 1. The molecule has 0 bridgehead atoms. The third kappa shape index (κ3) is 1.32. The van der Waals surface area contributed by atoms with Crippen molar-refractivity contribution in [3.63, 3.8) is 0 Å². The van der Waals surface area contributed by atoms with Crippen LogP contribution in [0.3, 0.4) is 0 Å². The molecule has 0 radical (unpaired) electrons. The number of benzene rings is 1. The molecular formula is C12H12ClNO. The van der Waals surface area contributed by atoms with Gasteiger partial charge in [0.1, 0.15) is 5.75 Å². The van der Waals surface area contributed by atoms with Crippen molar-refractivity contribution in [1.29, 1.82) is 0 Å². The van der Waals surface area contributed by atoms with Gasteiger partial charge < -0.3 is 10.1 Å². The van der Waals surface area contributed by atoms with E-state index in [2.05, 4.69) is 11.1 Å². The molecule has 0 amide bonds. The van der Waals surface area contributed by atoms with Crippen molar-refractivity contribution < 1.29 is 5.11 Å². The molecule has 3 heteroatoms. The van der Waals surface area contributed by atoms with Crippen LogP contribution in [0.25, 0.3) is 10.9 Å². The molecule has 1 aliphatic carbocycles. The molecule has 0 saturated heterocycles. The summed E-state index contributed by atoms with van der Waals surface area (Å²) in [5, 5.41) is 10.9. The van der Waals surface area contributed by atoms with Crippen LogP contribution in [0.2, 0.25) is 5.02 Å². The van der Waals surface area contributed by atoms with Crippen molar-refractivity contribution in [3.8, 4) is 5.75 Å². The number of phenolic OH excluding ortho intramolecular Hbond substituents is 1. The lowest BCUT2D eigenvalue weighted by molar-refractivity contribution is 0.413. The Morgan fingerprint density at radius 3 is 2.80 bits per heavy atom. The monoisotopic (exact) mass is 221 g/mol. The summed E-state index contributed by atoms with van der Waals surface area (Å²) in [5.41, 5.74) is 2.27. The van der Waals surface area contributed by atoms with Crippen LogP contribution in [0.1, 0.15) is 30.9 Å². The predicted molar refractivity (Wildman–Crippen MR) is 61.6 cm³/mol. The van der Waals surface area contributed by atoms with Gasteiger partial charge in [0.15, 0.2) is 0 Å². The zero-order chi connectivity index (χ0) is 10.4. The molecule has 2 aromatic rings. The van der Waals surface area contributed by atoms with Crippen LogP contribution >= 0.6 is 11.6 Å². The maximum absolute atomic E-state index is 9.49. The molecule has 1 heterocycles. The van der Waals surface area contributed by atoms with Gasteiger partial charge in [-0.05, 0) is 37.0 Å². The van der Waals surface area contributed by atoms with E-state index in [0.717, 1.165) is 10.9 Å². The Hall–Kier alpha value is -1.15. The number of phenols is 1. The van der Waals surface area contributed by atoms with Gasteiger partial charge in [0.05, 0.1) is 5.02 Å². The standard InChI is InChI=1S/C12H12ClNO/c13-12-8-6-10(7-2-1-3-7)14-9(8)4-5-11(12)15/h4-7,14-15H,1-3H2. The van der Waals surface area contributed by atoms with Crippen LogP contribution in [0.15, 0.2) is 18.2 Å². The summed E-state index contributed by atoms with van der Waals surface area (Å²) < 4.78 is 0. The van der Waals surface area contributed by atoms with Crippen LogP contribution in [0, 0.1) is 0 Å². The van der Waals surface area contributed by atoms with E-state index in [1.807, 2.05) is 6.07 Å². The molecule has 1 aromatic carbocycles. The van der Waals surface area contributed by atoms with E-state index in [4.69, 9.17) is 11.6 Å². The van der Waals surface area contributed by atoms with Crippen LogP contribution in [-0.4, -0.2) is 10.1 Å². The molecule has 2 nitrogen and oxygen atoms in total. The smallest absolute Gasteiger partial charge is 0.134 e. The molecule has 1 fully saturated rings. The highest BCUT2D eigenvalue weighted by Crippen LogP contribution is 2.39. The Kier molecular flexibility index (Phi) is 1.93. The van der Waals surface area contributed by atoms with Crippen molar-refractivity contribution in [1.82, 2.24) is 4.98 Å². The van der Waals surface area contributed by atoms with Gasteiger partial charge in [0, 0.05) is 16.6 Å². The summed E-state index contributed by atoms with van der Waals surface area (Å²) >= 11 is 6.04. The number of nitrogens with one attached hydrogen (secondary N) is 1. The van der Waals surface area contributed by atoms with Crippen molar-refractivity contribution in [2.24, 2.45) is 0 Å². The molecule has 0 aliphatic heterocycles. The van der Waals surface area contributed by atoms with E-state index >= 15 is 0 Å². The highest BCUT2D eigenvalue weighted by Gasteiger charge is 2.21. The molecule has 3 rings (SSSR count). The first kappa shape index (κ1) is 9.10. The Balaban J connectivity index is 2.16. The molecule has 0 spiro atoms. The predicted octanol–water partition coefficient (Wildman–Crippen LogP) is 3.79. The zero-order valence-electron chi connectivity index (χ0n) is 8.26. The van der Waals surface area contributed by atoms with E-state index in [1.54, 1.807) is 6.07 Å². The average Bonchev–Trinajstić information content (AvgIpc) is 2.53. The molecule has 1 aromatic heterocycles. The van der Waals surface area contributed by atoms with E-state index in [1.165, 1.54) is 25.0 Å². The van der Waals surface area contributed by atoms with Gasteiger partial charge >= 0.3 is 0 Å². The fourth-order valence-electron chi connectivity index (χ4n) is 2.12. The lowest BCUT2D eigenvalue weighted by Crippen LogP contribution is -2.08. The van der Waals surface area contributed by atoms with Gasteiger partial charge in [-0.3, -0.25) is 0 Å². The maximum Gasteiger partial charge on any atom is 0.134 e. The van der Waals surface area contributed by atoms with Crippen LogP contribution in [0.4, 0.5) is 0 Å². The molecule has 1 saturated carbocycles. The van der Waals surface area contributed by atoms with Gasteiger partial charge in [0.2, 0.25) is 0 Å². The van der Waals surface area contributed by atoms with Gasteiger partial charge in [-0.2, -0.15) is 0 Å². The Bertz CT molecular complexity index is 514. The molecule has 15 heavy (non-hydrogen) atoms. The summed E-state index contributed by atoms with van der Waals surface area (Å²) in [7, 11) is 0. The van der Waals surface area contributed by atoms with E-state index in [0.29, 0.717) is 10.9 Å². The normalized spacial score (nSPS) is 16.9. The topological polar surface area (TPSA) is 36.0 Å². The third-order valence-corrected chi connectivity index (χ3v) is 3.68. The van der Waals surface area contributed by atoms with E-state index in [-0.39, 0.29) is 5.75 Å². The second-order valence-electron chi connectivity index (χ2n) is 4.21. The van der Waals surface area contributed by atoms with Crippen LogP contribution < -0.4 is 0 Å². The highest BCUT2D eigenvalue weighted by molar-refractivity contribution is 6.36. The minimum absolute atomic E-state index is 0.156. The summed E-state index contributed by atoms with van der Waals surface area (Å²) in [6.07, 6.45) is 3.84. The Labute approximate surface area is 92.9 Å².